The van der Waals surface area contributed by atoms with Crippen molar-refractivity contribution >= 4 is 23.4 Å². The van der Waals surface area contributed by atoms with Gasteiger partial charge in [-0.2, -0.15) is 17.0 Å². The van der Waals surface area contributed by atoms with Crippen LogP contribution in [0.15, 0.2) is 18.2 Å². The molecule has 0 saturated carbocycles. The van der Waals surface area contributed by atoms with Crippen LogP contribution in [0.3, 0.4) is 0 Å². The second kappa shape index (κ2) is 9.44. The highest BCUT2D eigenvalue weighted by molar-refractivity contribution is 7.99. The second-order valence-corrected chi connectivity index (χ2v) is 5.63. The highest BCUT2D eigenvalue weighted by Gasteiger charge is 2.09. The molecular formula is C16H22N2OS. The van der Waals surface area contributed by atoms with E-state index < -0.39 is 0 Å². The van der Waals surface area contributed by atoms with Crippen LogP contribution in [0, 0.1) is 11.3 Å². The summed E-state index contributed by atoms with van der Waals surface area (Å²) in [6, 6.07) is 8.29. The monoisotopic (exact) mass is 290 g/mol. The van der Waals surface area contributed by atoms with E-state index in [1.165, 1.54) is 11.1 Å². The van der Waals surface area contributed by atoms with Gasteiger partial charge in [-0.25, -0.2) is 0 Å². The first kappa shape index (κ1) is 16.6. The molecule has 0 atom stereocenters. The Balaban J connectivity index is 2.55. The van der Waals surface area contributed by atoms with Crippen molar-refractivity contribution in [2.45, 2.75) is 39.5 Å². The molecule has 0 fully saturated rings. The lowest BCUT2D eigenvalue weighted by Crippen LogP contribution is -2.17. The number of para-hydroxylation sites is 1. The Morgan fingerprint density at radius 2 is 1.95 bits per heavy atom. The fourth-order valence-electron chi connectivity index (χ4n) is 2.00. The fourth-order valence-corrected chi connectivity index (χ4v) is 2.75. The van der Waals surface area contributed by atoms with E-state index in [-0.39, 0.29) is 5.91 Å². The van der Waals surface area contributed by atoms with Crippen molar-refractivity contribution in [1.29, 1.82) is 5.26 Å². The van der Waals surface area contributed by atoms with Crippen LogP contribution in [-0.2, 0) is 17.6 Å². The summed E-state index contributed by atoms with van der Waals surface area (Å²) in [6.07, 6.45) is 3.24. The molecule has 1 aromatic rings. The van der Waals surface area contributed by atoms with Gasteiger partial charge in [0, 0.05) is 12.1 Å². The summed E-state index contributed by atoms with van der Waals surface area (Å²) in [6.45, 7) is 4.20. The molecule has 0 aromatic heterocycles. The van der Waals surface area contributed by atoms with Gasteiger partial charge in [-0.1, -0.05) is 32.0 Å². The molecule has 0 unspecified atom stereocenters. The van der Waals surface area contributed by atoms with Crippen LogP contribution in [0.5, 0.6) is 0 Å². The number of rotatable bonds is 8. The molecule has 20 heavy (non-hydrogen) atoms. The molecule has 1 aromatic carbocycles. The smallest absolute Gasteiger partial charge is 0.234 e. The van der Waals surface area contributed by atoms with Crippen LogP contribution >= 0.6 is 11.8 Å². The van der Waals surface area contributed by atoms with Gasteiger partial charge in [0.15, 0.2) is 0 Å². The zero-order chi connectivity index (χ0) is 14.8. The molecule has 0 radical (unpaired) electrons. The van der Waals surface area contributed by atoms with Gasteiger partial charge in [0.05, 0.1) is 11.8 Å². The largest absolute Gasteiger partial charge is 0.325 e. The molecule has 1 amide bonds. The Bertz CT molecular complexity index is 458. The summed E-state index contributed by atoms with van der Waals surface area (Å²) in [5, 5.41) is 11.5. The number of aryl methyl sites for hydroxylation is 2. The van der Waals surface area contributed by atoms with E-state index in [9.17, 15) is 4.79 Å². The molecular weight excluding hydrogens is 268 g/mol. The van der Waals surface area contributed by atoms with Crippen LogP contribution in [0.1, 0.15) is 37.8 Å². The highest BCUT2D eigenvalue weighted by Crippen LogP contribution is 2.22. The number of hydrogen-bond donors (Lipinski definition) is 1. The minimum Gasteiger partial charge on any atom is -0.325 e. The molecule has 0 aliphatic heterocycles. The van der Waals surface area contributed by atoms with Crippen LogP contribution < -0.4 is 5.32 Å². The lowest BCUT2D eigenvalue weighted by molar-refractivity contribution is -0.113. The van der Waals surface area contributed by atoms with Gasteiger partial charge in [-0.15, -0.1) is 0 Å². The number of nitrogens with zero attached hydrogens (tertiary/aromatic N) is 1. The Hall–Kier alpha value is -1.47. The SMILES string of the molecule is CCc1cccc(CC)c1NC(=O)CSCCCC#N. The van der Waals surface area contributed by atoms with Crippen LogP contribution in [0.2, 0.25) is 0 Å². The summed E-state index contributed by atoms with van der Waals surface area (Å²) in [7, 11) is 0. The maximum Gasteiger partial charge on any atom is 0.234 e. The van der Waals surface area contributed by atoms with E-state index in [0.29, 0.717) is 12.2 Å². The molecule has 4 heteroatoms. The number of amides is 1. The zero-order valence-corrected chi connectivity index (χ0v) is 13.1. The van der Waals surface area contributed by atoms with Crippen molar-refractivity contribution < 1.29 is 4.79 Å². The van der Waals surface area contributed by atoms with Crippen molar-refractivity contribution in [2.24, 2.45) is 0 Å². The van der Waals surface area contributed by atoms with Crippen LogP contribution in [0.25, 0.3) is 0 Å². The van der Waals surface area contributed by atoms with Crippen LogP contribution in [0.4, 0.5) is 5.69 Å². The first-order valence-corrected chi connectivity index (χ1v) is 8.23. The van der Waals surface area contributed by atoms with E-state index in [1.54, 1.807) is 11.8 Å². The van der Waals surface area contributed by atoms with Crippen molar-refractivity contribution in [2.75, 3.05) is 16.8 Å². The standard InChI is InChI=1S/C16H22N2OS/c1-3-13-8-7-9-14(4-2)16(13)18-15(19)12-20-11-6-5-10-17/h7-9H,3-6,11-12H2,1-2H3,(H,18,19). The van der Waals surface area contributed by atoms with E-state index in [1.807, 2.05) is 6.07 Å². The minimum absolute atomic E-state index is 0.0440. The van der Waals surface area contributed by atoms with Crippen molar-refractivity contribution in [3.63, 3.8) is 0 Å². The Kier molecular flexibility index (Phi) is 7.82. The van der Waals surface area contributed by atoms with E-state index >= 15 is 0 Å². The van der Waals surface area contributed by atoms with Gasteiger partial charge in [0.25, 0.3) is 0 Å². The van der Waals surface area contributed by atoms with Crippen molar-refractivity contribution in [1.82, 2.24) is 0 Å². The quantitative estimate of drug-likeness (QED) is 0.741. The first-order chi connectivity index (χ1) is 9.72. The third-order valence-corrected chi connectivity index (χ3v) is 4.12. The molecule has 108 valence electrons. The lowest BCUT2D eigenvalue weighted by Gasteiger charge is -2.14. The van der Waals surface area contributed by atoms with Crippen molar-refractivity contribution in [3.8, 4) is 6.07 Å². The molecule has 0 saturated heterocycles. The lowest BCUT2D eigenvalue weighted by atomic mass is 10.0. The third-order valence-electron chi connectivity index (χ3n) is 3.07. The Labute approximate surface area is 125 Å². The summed E-state index contributed by atoms with van der Waals surface area (Å²) >= 11 is 1.58. The predicted molar refractivity (Wildman–Crippen MR) is 86.0 cm³/mol. The molecule has 1 rings (SSSR count). The molecule has 0 aliphatic carbocycles. The van der Waals surface area contributed by atoms with Gasteiger partial charge in [-0.05, 0) is 36.1 Å². The number of unbranched alkanes of at least 4 members (excludes halogenated alkanes) is 1. The third kappa shape index (κ3) is 5.26. The summed E-state index contributed by atoms with van der Waals surface area (Å²) in [5.74, 6) is 1.35. The van der Waals surface area contributed by atoms with E-state index in [0.717, 1.165) is 30.7 Å². The average Bonchev–Trinajstić information content (AvgIpc) is 2.47. The minimum atomic E-state index is 0.0440. The number of nitriles is 1. The van der Waals surface area contributed by atoms with Gasteiger partial charge >= 0.3 is 0 Å². The van der Waals surface area contributed by atoms with Gasteiger partial charge in [-0.3, -0.25) is 4.79 Å². The second-order valence-electron chi connectivity index (χ2n) is 4.52. The molecule has 0 aliphatic rings. The van der Waals surface area contributed by atoms with Gasteiger partial charge in [0.2, 0.25) is 5.91 Å². The van der Waals surface area contributed by atoms with Gasteiger partial charge < -0.3 is 5.32 Å². The zero-order valence-electron chi connectivity index (χ0n) is 12.2. The normalized spacial score (nSPS) is 10.1. The highest BCUT2D eigenvalue weighted by atomic mass is 32.2. The van der Waals surface area contributed by atoms with E-state index in [4.69, 9.17) is 5.26 Å². The summed E-state index contributed by atoms with van der Waals surface area (Å²) < 4.78 is 0. The number of carbonyl (C=O) groups is 1. The molecule has 0 bridgehead atoms. The molecule has 0 heterocycles. The number of thioether (sulfide) groups is 1. The van der Waals surface area contributed by atoms with E-state index in [2.05, 4.69) is 37.4 Å². The average molecular weight is 290 g/mol. The summed E-state index contributed by atoms with van der Waals surface area (Å²) in [5.41, 5.74) is 3.36. The number of anilines is 1. The fraction of sp³-hybridized carbons (Fsp3) is 0.500. The number of hydrogen-bond acceptors (Lipinski definition) is 3. The topological polar surface area (TPSA) is 52.9 Å². The number of benzene rings is 1. The maximum absolute atomic E-state index is 12.0. The predicted octanol–water partition coefficient (Wildman–Crippen LogP) is 3.79. The molecule has 0 spiro atoms. The number of carbonyl (C=O) groups excluding carboxylic acids is 1. The molecule has 3 nitrogen and oxygen atoms in total. The summed E-state index contributed by atoms with van der Waals surface area (Å²) in [4.78, 5) is 12.0. The number of nitrogens with one attached hydrogen (secondary N) is 1. The van der Waals surface area contributed by atoms with Crippen LogP contribution in [-0.4, -0.2) is 17.4 Å². The van der Waals surface area contributed by atoms with Crippen molar-refractivity contribution in [3.05, 3.63) is 29.3 Å². The molecule has 1 N–H and O–H groups in total. The van der Waals surface area contributed by atoms with Gasteiger partial charge in [0.1, 0.15) is 0 Å². The maximum atomic E-state index is 12.0. The Morgan fingerprint density at radius 1 is 1.30 bits per heavy atom. The Morgan fingerprint density at radius 3 is 2.50 bits per heavy atom. The first-order valence-electron chi connectivity index (χ1n) is 7.08.